The number of ether oxygens (including phenoxy) is 1. The fraction of sp³-hybridized carbons (Fsp3) is 0.160. The van der Waals surface area contributed by atoms with Gasteiger partial charge in [-0.05, 0) is 42.3 Å². The third-order valence-electron chi connectivity index (χ3n) is 6.17. The van der Waals surface area contributed by atoms with Crippen LogP contribution in [0.5, 0.6) is 5.75 Å². The van der Waals surface area contributed by atoms with Crippen LogP contribution in [0.2, 0.25) is 0 Å². The van der Waals surface area contributed by atoms with Crippen LogP contribution < -0.4 is 15.2 Å². The van der Waals surface area contributed by atoms with Crippen LogP contribution in [0.4, 0.5) is 5.95 Å². The zero-order valence-electron chi connectivity index (χ0n) is 18.1. The molecule has 2 N–H and O–H groups in total. The Morgan fingerprint density at radius 1 is 1.09 bits per heavy atom. The number of nitrogens with zero attached hydrogens (tertiary/aromatic N) is 4. The quantitative estimate of drug-likeness (QED) is 0.444. The fourth-order valence-electron chi connectivity index (χ4n) is 4.41. The Kier molecular flexibility index (Phi) is 4.50. The number of hydrogen-bond donors (Lipinski definition) is 2. The van der Waals surface area contributed by atoms with Gasteiger partial charge in [0.2, 0.25) is 5.95 Å². The highest BCUT2D eigenvalue weighted by Gasteiger charge is 2.20. The molecule has 3 aromatic heterocycles. The summed E-state index contributed by atoms with van der Waals surface area (Å²) in [5.74, 6) is 1.40. The summed E-state index contributed by atoms with van der Waals surface area (Å²) in [7, 11) is 1.68. The van der Waals surface area contributed by atoms with Gasteiger partial charge in [-0.2, -0.15) is 10.1 Å². The lowest BCUT2D eigenvalue weighted by Crippen LogP contribution is -2.31. The third kappa shape index (κ3) is 3.27. The standard InChI is InChI=1S/C25H22N6O2/c1-33-18-7-8-22-19(13-18)20(14-26-22)16-9-11-30(12-10-16)25-28-23-21(24(32)29-25)15-27-31(23)17-5-3-2-4-6-17/h2-9,13-15,26H,10-12H2,1H3,(H,28,29,32). The first kappa shape index (κ1) is 19.4. The van der Waals surface area contributed by atoms with Gasteiger partial charge in [0.15, 0.2) is 5.65 Å². The Balaban J connectivity index is 1.34. The van der Waals surface area contributed by atoms with Crippen molar-refractivity contribution in [3.8, 4) is 11.4 Å². The molecule has 0 bridgehead atoms. The summed E-state index contributed by atoms with van der Waals surface area (Å²) in [6.45, 7) is 1.40. The number of para-hydroxylation sites is 1. The molecule has 0 atom stereocenters. The van der Waals surface area contributed by atoms with Gasteiger partial charge in [0.25, 0.3) is 5.56 Å². The van der Waals surface area contributed by atoms with Crippen molar-refractivity contribution in [2.24, 2.45) is 0 Å². The molecule has 1 aliphatic heterocycles. The lowest BCUT2D eigenvalue weighted by atomic mass is 9.99. The first-order chi connectivity index (χ1) is 16.2. The van der Waals surface area contributed by atoms with E-state index in [1.807, 2.05) is 42.5 Å². The van der Waals surface area contributed by atoms with E-state index in [9.17, 15) is 4.79 Å². The van der Waals surface area contributed by atoms with Crippen LogP contribution in [-0.4, -0.2) is 44.9 Å². The van der Waals surface area contributed by atoms with Gasteiger partial charge in [-0.25, -0.2) is 4.68 Å². The molecule has 8 nitrogen and oxygen atoms in total. The first-order valence-electron chi connectivity index (χ1n) is 10.8. The van der Waals surface area contributed by atoms with Gasteiger partial charge in [0, 0.05) is 35.8 Å². The Morgan fingerprint density at radius 3 is 2.76 bits per heavy atom. The van der Waals surface area contributed by atoms with Crippen molar-refractivity contribution in [2.75, 3.05) is 25.1 Å². The number of nitrogens with one attached hydrogen (secondary N) is 2. The van der Waals surface area contributed by atoms with E-state index in [2.05, 4.69) is 38.3 Å². The second-order valence-corrected chi connectivity index (χ2v) is 8.06. The smallest absolute Gasteiger partial charge is 0.263 e. The van der Waals surface area contributed by atoms with E-state index < -0.39 is 0 Å². The molecule has 1 aliphatic rings. The van der Waals surface area contributed by atoms with E-state index in [-0.39, 0.29) is 5.56 Å². The summed E-state index contributed by atoms with van der Waals surface area (Å²) in [5.41, 5.74) is 4.77. The molecule has 0 spiro atoms. The highest BCUT2D eigenvalue weighted by molar-refractivity contribution is 5.94. The molecule has 0 aliphatic carbocycles. The molecule has 0 radical (unpaired) electrons. The zero-order chi connectivity index (χ0) is 22.4. The average Bonchev–Trinajstić information content (AvgIpc) is 3.49. The van der Waals surface area contributed by atoms with Gasteiger partial charge in [0.1, 0.15) is 11.1 Å². The van der Waals surface area contributed by atoms with E-state index in [0.29, 0.717) is 23.5 Å². The van der Waals surface area contributed by atoms with Crippen molar-refractivity contribution in [1.82, 2.24) is 24.7 Å². The van der Waals surface area contributed by atoms with Crippen LogP contribution in [0.1, 0.15) is 12.0 Å². The molecule has 0 unspecified atom stereocenters. The summed E-state index contributed by atoms with van der Waals surface area (Å²) in [4.78, 5) is 25.9. The molecule has 0 amide bonds. The number of fused-ring (bicyclic) bond motifs is 2. The van der Waals surface area contributed by atoms with Crippen LogP contribution in [-0.2, 0) is 0 Å². The first-order valence-corrected chi connectivity index (χ1v) is 10.8. The maximum absolute atomic E-state index is 12.7. The fourth-order valence-corrected chi connectivity index (χ4v) is 4.41. The molecule has 0 saturated carbocycles. The van der Waals surface area contributed by atoms with Crippen molar-refractivity contribution < 1.29 is 4.74 Å². The Hall–Kier alpha value is -4.33. The number of benzene rings is 2. The van der Waals surface area contributed by atoms with Crippen molar-refractivity contribution in [2.45, 2.75) is 6.42 Å². The Bertz CT molecular complexity index is 1560. The van der Waals surface area contributed by atoms with Crippen molar-refractivity contribution in [3.05, 3.63) is 82.9 Å². The van der Waals surface area contributed by atoms with Crippen LogP contribution in [0.15, 0.2) is 71.8 Å². The molecule has 33 heavy (non-hydrogen) atoms. The minimum atomic E-state index is -0.185. The molecule has 8 heteroatoms. The molecular weight excluding hydrogens is 416 g/mol. The molecule has 2 aromatic carbocycles. The molecule has 164 valence electrons. The van der Waals surface area contributed by atoms with Gasteiger partial charge >= 0.3 is 0 Å². The number of aromatic amines is 2. The molecule has 0 fully saturated rings. The maximum Gasteiger partial charge on any atom is 0.263 e. The van der Waals surface area contributed by atoms with E-state index in [0.717, 1.165) is 35.3 Å². The molecular formula is C25H22N6O2. The van der Waals surface area contributed by atoms with Gasteiger partial charge < -0.3 is 14.6 Å². The number of aromatic nitrogens is 5. The van der Waals surface area contributed by atoms with Gasteiger partial charge in [-0.1, -0.05) is 24.3 Å². The Morgan fingerprint density at radius 2 is 1.97 bits per heavy atom. The highest BCUT2D eigenvalue weighted by Crippen LogP contribution is 2.32. The molecule has 6 rings (SSSR count). The van der Waals surface area contributed by atoms with E-state index in [1.54, 1.807) is 18.0 Å². The monoisotopic (exact) mass is 438 g/mol. The van der Waals surface area contributed by atoms with Crippen LogP contribution in [0.25, 0.3) is 33.2 Å². The number of rotatable bonds is 4. The lowest BCUT2D eigenvalue weighted by Gasteiger charge is -2.26. The minimum absolute atomic E-state index is 0.185. The Labute approximate surface area is 189 Å². The summed E-state index contributed by atoms with van der Waals surface area (Å²) in [6, 6.07) is 15.8. The highest BCUT2D eigenvalue weighted by atomic mass is 16.5. The SMILES string of the molecule is COc1ccc2[nH]cc(C3=CCN(c4nc5c(cnn5-c5ccccc5)c(=O)[nH]4)CC3)c2c1. The average molecular weight is 438 g/mol. The number of anilines is 1. The summed E-state index contributed by atoms with van der Waals surface area (Å²) in [5, 5.41) is 6.01. The van der Waals surface area contributed by atoms with E-state index >= 15 is 0 Å². The normalized spacial score (nSPS) is 14.1. The second kappa shape index (κ2) is 7.67. The van der Waals surface area contributed by atoms with E-state index in [4.69, 9.17) is 9.72 Å². The predicted molar refractivity (Wildman–Crippen MR) is 129 cm³/mol. The third-order valence-corrected chi connectivity index (χ3v) is 6.17. The van der Waals surface area contributed by atoms with E-state index in [1.165, 1.54) is 11.1 Å². The van der Waals surface area contributed by atoms with Crippen LogP contribution >= 0.6 is 0 Å². The van der Waals surface area contributed by atoms with Crippen LogP contribution in [0, 0.1) is 0 Å². The summed E-state index contributed by atoms with van der Waals surface area (Å²) >= 11 is 0. The van der Waals surface area contributed by atoms with Gasteiger partial charge in [0.05, 0.1) is 19.0 Å². The van der Waals surface area contributed by atoms with Crippen LogP contribution in [0.3, 0.4) is 0 Å². The van der Waals surface area contributed by atoms with Crippen molar-refractivity contribution in [1.29, 1.82) is 0 Å². The second-order valence-electron chi connectivity index (χ2n) is 8.06. The molecule has 5 aromatic rings. The zero-order valence-corrected chi connectivity index (χ0v) is 18.1. The molecule has 0 saturated heterocycles. The van der Waals surface area contributed by atoms with Gasteiger partial charge in [-0.3, -0.25) is 9.78 Å². The predicted octanol–water partition coefficient (Wildman–Crippen LogP) is 3.89. The molecule has 4 heterocycles. The topological polar surface area (TPSA) is 91.8 Å². The number of methoxy groups -OCH3 is 1. The largest absolute Gasteiger partial charge is 0.497 e. The maximum atomic E-state index is 12.7. The number of H-pyrrole nitrogens is 2. The summed E-state index contributed by atoms with van der Waals surface area (Å²) < 4.78 is 7.11. The van der Waals surface area contributed by atoms with Crippen molar-refractivity contribution >= 4 is 33.5 Å². The number of hydrogen-bond acceptors (Lipinski definition) is 5. The lowest BCUT2D eigenvalue weighted by molar-refractivity contribution is 0.415. The van der Waals surface area contributed by atoms with Gasteiger partial charge in [-0.15, -0.1) is 0 Å². The summed E-state index contributed by atoms with van der Waals surface area (Å²) in [6.07, 6.45) is 6.65. The van der Waals surface area contributed by atoms with Crippen molar-refractivity contribution in [3.63, 3.8) is 0 Å². The minimum Gasteiger partial charge on any atom is -0.497 e.